The summed E-state index contributed by atoms with van der Waals surface area (Å²) in [6, 6.07) is 4.59. The molecule has 0 amide bonds. The quantitative estimate of drug-likeness (QED) is 0.771. The molecule has 1 N–H and O–H groups in total. The SMILES string of the molecule is O=C(O)CN1Cc2ccc(F)cc2C1. The minimum Gasteiger partial charge on any atom is -0.480 e. The molecule has 1 aliphatic rings. The van der Waals surface area contributed by atoms with Gasteiger partial charge in [0, 0.05) is 13.1 Å². The van der Waals surface area contributed by atoms with Crippen LogP contribution in [0.2, 0.25) is 0 Å². The Hall–Kier alpha value is -1.42. The summed E-state index contributed by atoms with van der Waals surface area (Å²) in [5.74, 6) is -1.11. The molecule has 0 saturated heterocycles. The van der Waals surface area contributed by atoms with Crippen molar-refractivity contribution < 1.29 is 14.3 Å². The summed E-state index contributed by atoms with van der Waals surface area (Å²) in [5, 5.41) is 8.59. The van der Waals surface area contributed by atoms with Crippen molar-refractivity contribution in [1.29, 1.82) is 0 Å². The van der Waals surface area contributed by atoms with Crippen LogP contribution >= 0.6 is 0 Å². The third-order valence-electron chi connectivity index (χ3n) is 2.32. The second-order valence-corrected chi connectivity index (χ2v) is 3.45. The lowest BCUT2D eigenvalue weighted by molar-refractivity contribution is -0.138. The average molecular weight is 195 g/mol. The Morgan fingerprint density at radius 3 is 2.86 bits per heavy atom. The normalized spacial score (nSPS) is 15.5. The molecule has 0 fully saturated rings. The lowest BCUT2D eigenvalue weighted by atomic mass is 10.1. The van der Waals surface area contributed by atoms with Gasteiger partial charge in [-0.1, -0.05) is 6.07 Å². The molecule has 14 heavy (non-hydrogen) atoms. The number of carboxylic acids is 1. The highest BCUT2D eigenvalue weighted by Gasteiger charge is 2.20. The number of aliphatic carboxylic acids is 1. The zero-order valence-electron chi connectivity index (χ0n) is 7.53. The number of hydrogen-bond acceptors (Lipinski definition) is 2. The first-order chi connectivity index (χ1) is 6.65. The van der Waals surface area contributed by atoms with Crippen molar-refractivity contribution in [3.63, 3.8) is 0 Å². The molecule has 2 rings (SSSR count). The van der Waals surface area contributed by atoms with Gasteiger partial charge in [-0.15, -0.1) is 0 Å². The molecule has 0 spiro atoms. The maximum atomic E-state index is 12.8. The first-order valence-corrected chi connectivity index (χ1v) is 4.36. The van der Waals surface area contributed by atoms with Crippen LogP contribution in [0, 0.1) is 5.82 Å². The summed E-state index contributed by atoms with van der Waals surface area (Å²) < 4.78 is 12.8. The Bertz CT molecular complexity index is 378. The molecule has 0 saturated carbocycles. The van der Waals surface area contributed by atoms with Crippen molar-refractivity contribution >= 4 is 5.97 Å². The maximum Gasteiger partial charge on any atom is 0.317 e. The zero-order chi connectivity index (χ0) is 10.1. The fourth-order valence-corrected chi connectivity index (χ4v) is 1.74. The fraction of sp³-hybridized carbons (Fsp3) is 0.300. The van der Waals surface area contributed by atoms with Gasteiger partial charge in [0.2, 0.25) is 0 Å². The van der Waals surface area contributed by atoms with Crippen LogP contribution in [0.4, 0.5) is 4.39 Å². The molecule has 0 atom stereocenters. The van der Waals surface area contributed by atoms with Gasteiger partial charge in [-0.3, -0.25) is 9.69 Å². The van der Waals surface area contributed by atoms with E-state index in [9.17, 15) is 9.18 Å². The van der Waals surface area contributed by atoms with E-state index >= 15 is 0 Å². The molecule has 3 nitrogen and oxygen atoms in total. The number of carboxylic acid groups (broad SMARTS) is 1. The molecule has 1 heterocycles. The predicted molar refractivity (Wildman–Crippen MR) is 48.1 cm³/mol. The first-order valence-electron chi connectivity index (χ1n) is 4.36. The van der Waals surface area contributed by atoms with Crippen LogP contribution in [0.5, 0.6) is 0 Å². The third-order valence-corrected chi connectivity index (χ3v) is 2.32. The van der Waals surface area contributed by atoms with Crippen molar-refractivity contribution in [2.24, 2.45) is 0 Å². The molecule has 0 aromatic heterocycles. The van der Waals surface area contributed by atoms with Crippen molar-refractivity contribution in [2.75, 3.05) is 6.54 Å². The smallest absolute Gasteiger partial charge is 0.317 e. The highest BCUT2D eigenvalue weighted by atomic mass is 19.1. The van der Waals surface area contributed by atoms with Gasteiger partial charge < -0.3 is 5.11 Å². The van der Waals surface area contributed by atoms with Gasteiger partial charge >= 0.3 is 5.97 Å². The summed E-state index contributed by atoms with van der Waals surface area (Å²) in [5.41, 5.74) is 1.92. The largest absolute Gasteiger partial charge is 0.480 e. The van der Waals surface area contributed by atoms with Gasteiger partial charge in [-0.2, -0.15) is 0 Å². The van der Waals surface area contributed by atoms with E-state index < -0.39 is 5.97 Å². The number of halogens is 1. The Balaban J connectivity index is 2.14. The summed E-state index contributed by atoms with van der Waals surface area (Å²) in [7, 11) is 0. The highest BCUT2D eigenvalue weighted by Crippen LogP contribution is 2.22. The van der Waals surface area contributed by atoms with Crippen molar-refractivity contribution in [3.8, 4) is 0 Å². The molecular weight excluding hydrogens is 185 g/mol. The highest BCUT2D eigenvalue weighted by molar-refractivity contribution is 5.69. The zero-order valence-corrected chi connectivity index (χ0v) is 7.53. The Morgan fingerprint density at radius 2 is 2.14 bits per heavy atom. The number of rotatable bonds is 2. The standard InChI is InChI=1S/C10H10FNO2/c11-9-2-1-7-4-12(6-10(13)14)5-8(7)3-9/h1-3H,4-6H2,(H,13,14). The Morgan fingerprint density at radius 1 is 1.43 bits per heavy atom. The lowest BCUT2D eigenvalue weighted by Gasteiger charge is -2.09. The minimum absolute atomic E-state index is 0.0102. The molecule has 1 aliphatic heterocycles. The van der Waals surface area contributed by atoms with E-state index in [1.54, 1.807) is 11.0 Å². The van der Waals surface area contributed by atoms with E-state index in [2.05, 4.69) is 0 Å². The van der Waals surface area contributed by atoms with Gasteiger partial charge in [-0.05, 0) is 23.3 Å². The van der Waals surface area contributed by atoms with E-state index in [4.69, 9.17) is 5.11 Å². The van der Waals surface area contributed by atoms with Gasteiger partial charge in [0.05, 0.1) is 6.54 Å². The molecule has 4 heteroatoms. The first kappa shape index (κ1) is 9.15. The van der Waals surface area contributed by atoms with Crippen LogP contribution in [0.15, 0.2) is 18.2 Å². The lowest BCUT2D eigenvalue weighted by Crippen LogP contribution is -2.24. The summed E-state index contributed by atoms with van der Waals surface area (Å²) in [6.45, 7) is 1.14. The summed E-state index contributed by atoms with van der Waals surface area (Å²) >= 11 is 0. The predicted octanol–water partition coefficient (Wildman–Crippen LogP) is 1.23. The fourth-order valence-electron chi connectivity index (χ4n) is 1.74. The Kier molecular flexibility index (Phi) is 2.21. The van der Waals surface area contributed by atoms with Crippen LogP contribution in [0.25, 0.3) is 0 Å². The number of benzene rings is 1. The molecule has 1 aromatic rings. The topological polar surface area (TPSA) is 40.5 Å². The molecule has 74 valence electrons. The molecule has 0 aliphatic carbocycles. The minimum atomic E-state index is -0.849. The number of carbonyl (C=O) groups is 1. The van der Waals surface area contributed by atoms with E-state index in [0.29, 0.717) is 13.1 Å². The second kappa shape index (κ2) is 3.38. The second-order valence-electron chi connectivity index (χ2n) is 3.45. The molecule has 0 bridgehead atoms. The van der Waals surface area contributed by atoms with E-state index in [1.807, 2.05) is 0 Å². The van der Waals surface area contributed by atoms with Gasteiger partial charge in [-0.25, -0.2) is 4.39 Å². The van der Waals surface area contributed by atoms with Gasteiger partial charge in [0.15, 0.2) is 0 Å². The number of hydrogen-bond donors (Lipinski definition) is 1. The third kappa shape index (κ3) is 1.75. The molecule has 0 radical (unpaired) electrons. The van der Waals surface area contributed by atoms with Crippen LogP contribution in [0.3, 0.4) is 0 Å². The molecule has 1 aromatic carbocycles. The van der Waals surface area contributed by atoms with E-state index in [-0.39, 0.29) is 12.4 Å². The number of nitrogens with zero attached hydrogens (tertiary/aromatic N) is 1. The van der Waals surface area contributed by atoms with Crippen molar-refractivity contribution in [3.05, 3.63) is 35.1 Å². The molecular formula is C10H10FNO2. The van der Waals surface area contributed by atoms with Crippen LogP contribution in [0.1, 0.15) is 11.1 Å². The summed E-state index contributed by atoms with van der Waals surface area (Å²) in [4.78, 5) is 12.2. The van der Waals surface area contributed by atoms with E-state index in [0.717, 1.165) is 11.1 Å². The molecule has 0 unspecified atom stereocenters. The van der Waals surface area contributed by atoms with Crippen molar-refractivity contribution in [1.82, 2.24) is 4.90 Å². The van der Waals surface area contributed by atoms with E-state index in [1.165, 1.54) is 12.1 Å². The van der Waals surface area contributed by atoms with Crippen molar-refractivity contribution in [2.45, 2.75) is 13.1 Å². The van der Waals surface area contributed by atoms with Crippen LogP contribution < -0.4 is 0 Å². The van der Waals surface area contributed by atoms with Gasteiger partial charge in [0.25, 0.3) is 0 Å². The number of fused-ring (bicyclic) bond motifs is 1. The van der Waals surface area contributed by atoms with Gasteiger partial charge in [0.1, 0.15) is 5.82 Å². The Labute approximate surface area is 80.8 Å². The van der Waals surface area contributed by atoms with Crippen LogP contribution in [-0.2, 0) is 17.9 Å². The summed E-state index contributed by atoms with van der Waals surface area (Å²) in [6.07, 6.45) is 0. The average Bonchev–Trinajstić information content (AvgIpc) is 2.44. The van der Waals surface area contributed by atoms with Crippen LogP contribution in [-0.4, -0.2) is 22.5 Å². The maximum absolute atomic E-state index is 12.8. The monoisotopic (exact) mass is 195 g/mol.